The molecule has 4 aliphatic heterocycles. The van der Waals surface area contributed by atoms with Gasteiger partial charge in [-0.15, -0.1) is 11.8 Å². The molecule has 182 valence electrons. The molecule has 35 heavy (non-hydrogen) atoms. The highest BCUT2D eigenvalue weighted by Crippen LogP contribution is 2.43. The quantitative estimate of drug-likeness (QED) is 0.597. The maximum absolute atomic E-state index is 14.7. The van der Waals surface area contributed by atoms with Crippen molar-refractivity contribution in [1.29, 1.82) is 0 Å². The van der Waals surface area contributed by atoms with E-state index in [1.54, 1.807) is 21.9 Å². The van der Waals surface area contributed by atoms with E-state index in [-0.39, 0.29) is 29.7 Å². The number of carbonyl (C=O) groups excluding carboxylic acids is 3. The van der Waals surface area contributed by atoms with Gasteiger partial charge >= 0.3 is 6.09 Å². The standard InChI is InChI=1S/C25H25FN4O4S/c26-18-4-1-14-2-6-22(32)30-11-15(23(18)24(14)30)10-27-8-7-17-12-29(25(33)34-17)16-3-5-20-19(9-16)28-21(31)13-35-20/h1,3-5,9,15,17,27H,2,6-8,10-13H2,(H,28,31)/t15?,17-/m1/s1. The Kier molecular flexibility index (Phi) is 5.64. The third-order valence-electron chi connectivity index (χ3n) is 7.05. The highest BCUT2D eigenvalue weighted by Gasteiger charge is 2.39. The van der Waals surface area contributed by atoms with Crippen molar-refractivity contribution in [3.63, 3.8) is 0 Å². The molecule has 1 saturated heterocycles. The van der Waals surface area contributed by atoms with Gasteiger partial charge < -0.3 is 20.3 Å². The summed E-state index contributed by atoms with van der Waals surface area (Å²) in [5, 5.41) is 6.22. The average molecular weight is 497 g/mol. The lowest BCUT2D eigenvalue weighted by Crippen LogP contribution is -2.35. The fourth-order valence-corrected chi connectivity index (χ4v) is 6.16. The predicted octanol–water partition coefficient (Wildman–Crippen LogP) is 3.25. The number of aryl methyl sites for hydroxylation is 1. The van der Waals surface area contributed by atoms with Crippen LogP contribution in [0.5, 0.6) is 0 Å². The molecule has 0 spiro atoms. The molecule has 10 heteroatoms. The molecule has 2 atom stereocenters. The lowest BCUT2D eigenvalue weighted by atomic mass is 9.95. The third kappa shape index (κ3) is 4.04. The number of anilines is 3. The summed E-state index contributed by atoms with van der Waals surface area (Å²) in [7, 11) is 0. The summed E-state index contributed by atoms with van der Waals surface area (Å²) in [5.74, 6) is 0.0423. The molecule has 0 aliphatic carbocycles. The highest BCUT2D eigenvalue weighted by atomic mass is 32.2. The van der Waals surface area contributed by atoms with Crippen molar-refractivity contribution in [2.24, 2.45) is 0 Å². The number of halogens is 1. The van der Waals surface area contributed by atoms with Crippen molar-refractivity contribution < 1.29 is 23.5 Å². The number of thioether (sulfide) groups is 1. The number of fused-ring (bicyclic) bond motifs is 1. The zero-order valence-electron chi connectivity index (χ0n) is 19.0. The minimum Gasteiger partial charge on any atom is -0.444 e. The van der Waals surface area contributed by atoms with Crippen molar-refractivity contribution in [3.8, 4) is 0 Å². The number of benzene rings is 2. The molecule has 1 fully saturated rings. The first kappa shape index (κ1) is 22.4. The Morgan fingerprint density at radius 3 is 2.89 bits per heavy atom. The molecule has 4 heterocycles. The molecule has 2 N–H and O–H groups in total. The Morgan fingerprint density at radius 1 is 1.11 bits per heavy atom. The molecule has 3 amide bonds. The lowest BCUT2D eigenvalue weighted by Gasteiger charge is -2.25. The summed E-state index contributed by atoms with van der Waals surface area (Å²) in [6.07, 6.45) is 1.07. The van der Waals surface area contributed by atoms with Gasteiger partial charge in [0.1, 0.15) is 11.9 Å². The Balaban J connectivity index is 1.05. The average Bonchev–Trinajstić information content (AvgIpc) is 3.42. The van der Waals surface area contributed by atoms with E-state index in [9.17, 15) is 18.8 Å². The number of hydrogen-bond donors (Lipinski definition) is 2. The summed E-state index contributed by atoms with van der Waals surface area (Å²) in [5.41, 5.74) is 3.86. The van der Waals surface area contributed by atoms with Gasteiger partial charge in [-0.1, -0.05) is 6.07 Å². The molecule has 2 aromatic carbocycles. The van der Waals surface area contributed by atoms with E-state index in [1.807, 2.05) is 12.1 Å². The van der Waals surface area contributed by atoms with Crippen LogP contribution in [0.4, 0.5) is 26.2 Å². The normalized spacial score (nSPS) is 22.7. The zero-order chi connectivity index (χ0) is 24.1. The van der Waals surface area contributed by atoms with E-state index in [2.05, 4.69) is 10.6 Å². The van der Waals surface area contributed by atoms with Crippen LogP contribution in [0.1, 0.15) is 29.9 Å². The smallest absolute Gasteiger partial charge is 0.414 e. The summed E-state index contributed by atoms with van der Waals surface area (Å²) in [6.45, 7) is 2.06. The fraction of sp³-hybridized carbons (Fsp3) is 0.400. The molecular formula is C25H25FN4O4S. The number of nitrogens with one attached hydrogen (secondary N) is 2. The minimum atomic E-state index is -0.406. The lowest BCUT2D eigenvalue weighted by molar-refractivity contribution is -0.118. The molecule has 0 aromatic heterocycles. The largest absolute Gasteiger partial charge is 0.444 e. The first-order chi connectivity index (χ1) is 17.0. The van der Waals surface area contributed by atoms with E-state index in [4.69, 9.17) is 4.74 Å². The summed E-state index contributed by atoms with van der Waals surface area (Å²) >= 11 is 1.48. The summed E-state index contributed by atoms with van der Waals surface area (Å²) < 4.78 is 20.2. The van der Waals surface area contributed by atoms with Gasteiger partial charge in [-0.25, -0.2) is 9.18 Å². The van der Waals surface area contributed by atoms with E-state index >= 15 is 0 Å². The number of hydrogen-bond acceptors (Lipinski definition) is 6. The Hall–Kier alpha value is -3.11. The van der Waals surface area contributed by atoms with Gasteiger partial charge in [0.2, 0.25) is 11.8 Å². The van der Waals surface area contributed by atoms with Crippen molar-refractivity contribution in [3.05, 3.63) is 47.3 Å². The van der Waals surface area contributed by atoms with E-state index < -0.39 is 6.09 Å². The Morgan fingerprint density at radius 2 is 2.00 bits per heavy atom. The molecule has 1 unspecified atom stereocenters. The second kappa shape index (κ2) is 8.83. The van der Waals surface area contributed by atoms with Crippen molar-refractivity contribution in [2.45, 2.75) is 36.2 Å². The van der Waals surface area contributed by atoms with Gasteiger partial charge in [0, 0.05) is 41.6 Å². The SMILES string of the molecule is O=C1CSc2ccc(N3C[C@@H](CCNCC4CN5C(=O)CCc6ccc(F)c4c65)OC3=O)cc2N1. The summed E-state index contributed by atoms with van der Waals surface area (Å²) in [4.78, 5) is 40.8. The van der Waals surface area contributed by atoms with Crippen LogP contribution in [0.3, 0.4) is 0 Å². The number of cyclic esters (lactones) is 1. The van der Waals surface area contributed by atoms with Gasteiger partial charge in [0.25, 0.3) is 0 Å². The van der Waals surface area contributed by atoms with Gasteiger partial charge in [-0.05, 0) is 49.2 Å². The molecule has 0 bridgehead atoms. The van der Waals surface area contributed by atoms with Crippen LogP contribution in [-0.2, 0) is 20.7 Å². The van der Waals surface area contributed by atoms with E-state index in [1.165, 1.54) is 17.8 Å². The van der Waals surface area contributed by atoms with Crippen LogP contribution in [0.15, 0.2) is 35.2 Å². The Bertz CT molecular complexity index is 1240. The first-order valence-corrected chi connectivity index (χ1v) is 12.8. The minimum absolute atomic E-state index is 0.0531. The monoisotopic (exact) mass is 496 g/mol. The van der Waals surface area contributed by atoms with Gasteiger partial charge in [0.05, 0.1) is 23.7 Å². The van der Waals surface area contributed by atoms with Crippen LogP contribution in [0, 0.1) is 5.82 Å². The number of carbonyl (C=O) groups is 3. The molecule has 0 radical (unpaired) electrons. The highest BCUT2D eigenvalue weighted by molar-refractivity contribution is 8.00. The van der Waals surface area contributed by atoms with E-state index in [0.717, 1.165) is 16.1 Å². The molecule has 2 aromatic rings. The van der Waals surface area contributed by atoms with Crippen LogP contribution in [0.25, 0.3) is 0 Å². The van der Waals surface area contributed by atoms with Gasteiger partial charge in [-0.2, -0.15) is 0 Å². The van der Waals surface area contributed by atoms with Crippen molar-refractivity contribution in [2.75, 3.05) is 47.0 Å². The maximum Gasteiger partial charge on any atom is 0.414 e. The number of rotatable bonds is 6. The first-order valence-electron chi connectivity index (χ1n) is 11.8. The number of amides is 3. The molecular weight excluding hydrogens is 471 g/mol. The van der Waals surface area contributed by atoms with Crippen molar-refractivity contribution in [1.82, 2.24) is 5.32 Å². The molecule has 4 aliphatic rings. The molecule has 8 nitrogen and oxygen atoms in total. The van der Waals surface area contributed by atoms with E-state index in [0.29, 0.717) is 68.1 Å². The topological polar surface area (TPSA) is 91.0 Å². The third-order valence-corrected chi connectivity index (χ3v) is 8.13. The zero-order valence-corrected chi connectivity index (χ0v) is 19.8. The summed E-state index contributed by atoms with van der Waals surface area (Å²) in [6, 6.07) is 8.88. The van der Waals surface area contributed by atoms with Crippen LogP contribution in [-0.4, -0.2) is 55.9 Å². The van der Waals surface area contributed by atoms with Gasteiger partial charge in [-0.3, -0.25) is 14.5 Å². The molecule has 0 saturated carbocycles. The fourth-order valence-electron chi connectivity index (χ4n) is 5.37. The second-order valence-corrected chi connectivity index (χ2v) is 10.3. The predicted molar refractivity (Wildman–Crippen MR) is 131 cm³/mol. The van der Waals surface area contributed by atoms with Crippen molar-refractivity contribution >= 4 is 46.7 Å². The number of nitrogens with zero attached hydrogens (tertiary/aromatic N) is 2. The van der Waals surface area contributed by atoms with Crippen LogP contribution >= 0.6 is 11.8 Å². The second-order valence-electron chi connectivity index (χ2n) is 9.30. The molecule has 6 rings (SSSR count). The van der Waals surface area contributed by atoms with Crippen LogP contribution < -0.4 is 20.4 Å². The maximum atomic E-state index is 14.7. The Labute approximate surface area is 206 Å². The van der Waals surface area contributed by atoms with Gasteiger partial charge in [0.15, 0.2) is 0 Å². The van der Waals surface area contributed by atoms with Crippen LogP contribution in [0.2, 0.25) is 0 Å². The number of ether oxygens (including phenoxy) is 1.